The van der Waals surface area contributed by atoms with Crippen molar-refractivity contribution >= 4 is 5.82 Å². The van der Waals surface area contributed by atoms with Crippen LogP contribution in [0.4, 0.5) is 5.82 Å². The summed E-state index contributed by atoms with van der Waals surface area (Å²) < 4.78 is 3.55. The average Bonchev–Trinajstić information content (AvgIpc) is 3.35. The lowest BCUT2D eigenvalue weighted by Gasteiger charge is -2.32. The molecular weight excluding hydrogens is 378 g/mol. The van der Waals surface area contributed by atoms with Crippen LogP contribution in [0.3, 0.4) is 0 Å². The molecule has 1 aliphatic rings. The standard InChI is InChI=1S/C22H23N7O/c1-28-12-16(9-24-28)14-4-3-5-15(6-14)21-23-11-20(17-10-25-29(2)13-17)22(27-21)26-18-7-19(30)8-18/h3-6,9-13,18-19,30H,7-8H2,1-2H3,(H,23,26,27)/t18-,19-. The van der Waals surface area contributed by atoms with Crippen LogP contribution in [0.2, 0.25) is 0 Å². The fraction of sp³-hybridized carbons (Fsp3) is 0.273. The Morgan fingerprint density at radius 3 is 2.30 bits per heavy atom. The zero-order valence-corrected chi connectivity index (χ0v) is 16.9. The second kappa shape index (κ2) is 7.38. The summed E-state index contributed by atoms with van der Waals surface area (Å²) in [5.41, 5.74) is 4.91. The molecule has 0 amide bonds. The van der Waals surface area contributed by atoms with Crippen LogP contribution in [-0.2, 0) is 14.1 Å². The first-order chi connectivity index (χ1) is 14.5. The Labute approximate surface area is 174 Å². The molecule has 0 aliphatic heterocycles. The van der Waals surface area contributed by atoms with Crippen molar-refractivity contribution in [3.8, 4) is 33.6 Å². The number of nitrogens with one attached hydrogen (secondary N) is 1. The van der Waals surface area contributed by atoms with Gasteiger partial charge in [-0.3, -0.25) is 9.36 Å². The third-order valence-electron chi connectivity index (χ3n) is 5.42. The van der Waals surface area contributed by atoms with E-state index >= 15 is 0 Å². The number of anilines is 1. The van der Waals surface area contributed by atoms with Crippen molar-refractivity contribution in [3.05, 3.63) is 55.2 Å². The van der Waals surface area contributed by atoms with E-state index in [0.717, 1.165) is 46.5 Å². The molecule has 5 rings (SSSR count). The quantitative estimate of drug-likeness (QED) is 0.534. The Bertz CT molecular complexity index is 1190. The number of benzene rings is 1. The van der Waals surface area contributed by atoms with Crippen molar-refractivity contribution in [2.75, 3.05) is 5.32 Å². The summed E-state index contributed by atoms with van der Waals surface area (Å²) in [6, 6.07) is 8.35. The minimum absolute atomic E-state index is 0.208. The fourth-order valence-electron chi connectivity index (χ4n) is 3.71. The number of nitrogens with zero attached hydrogens (tertiary/aromatic N) is 6. The van der Waals surface area contributed by atoms with E-state index in [9.17, 15) is 5.11 Å². The molecule has 1 saturated carbocycles. The number of aliphatic hydroxyl groups is 1. The van der Waals surface area contributed by atoms with Gasteiger partial charge in [-0.05, 0) is 24.5 Å². The van der Waals surface area contributed by atoms with Gasteiger partial charge in [0, 0.05) is 61.0 Å². The zero-order chi connectivity index (χ0) is 20.7. The van der Waals surface area contributed by atoms with Gasteiger partial charge < -0.3 is 10.4 Å². The van der Waals surface area contributed by atoms with E-state index in [0.29, 0.717) is 5.82 Å². The van der Waals surface area contributed by atoms with Crippen molar-refractivity contribution in [2.45, 2.75) is 25.0 Å². The van der Waals surface area contributed by atoms with E-state index in [1.54, 1.807) is 9.36 Å². The Morgan fingerprint density at radius 1 is 0.933 bits per heavy atom. The highest BCUT2D eigenvalue weighted by molar-refractivity contribution is 5.76. The van der Waals surface area contributed by atoms with E-state index in [-0.39, 0.29) is 12.1 Å². The summed E-state index contributed by atoms with van der Waals surface area (Å²) in [7, 11) is 3.79. The molecule has 0 atom stereocenters. The van der Waals surface area contributed by atoms with Gasteiger partial charge in [0.15, 0.2) is 5.82 Å². The zero-order valence-electron chi connectivity index (χ0n) is 16.9. The molecule has 30 heavy (non-hydrogen) atoms. The lowest BCUT2D eigenvalue weighted by molar-refractivity contribution is 0.0835. The maximum Gasteiger partial charge on any atom is 0.161 e. The van der Waals surface area contributed by atoms with Crippen molar-refractivity contribution in [1.29, 1.82) is 0 Å². The maximum absolute atomic E-state index is 9.67. The number of aromatic nitrogens is 6. The molecule has 0 bridgehead atoms. The number of aliphatic hydroxyl groups excluding tert-OH is 1. The maximum atomic E-state index is 9.67. The summed E-state index contributed by atoms with van der Waals surface area (Å²) in [6.07, 6.45) is 10.6. The van der Waals surface area contributed by atoms with Gasteiger partial charge in [0.2, 0.25) is 0 Å². The van der Waals surface area contributed by atoms with Crippen LogP contribution in [0.5, 0.6) is 0 Å². The largest absolute Gasteiger partial charge is 0.393 e. The second-order valence-corrected chi connectivity index (χ2v) is 7.81. The lowest BCUT2D eigenvalue weighted by atomic mass is 9.89. The van der Waals surface area contributed by atoms with Crippen LogP contribution >= 0.6 is 0 Å². The molecule has 1 aromatic carbocycles. The monoisotopic (exact) mass is 401 g/mol. The van der Waals surface area contributed by atoms with Crippen molar-refractivity contribution in [1.82, 2.24) is 29.5 Å². The van der Waals surface area contributed by atoms with Crippen molar-refractivity contribution in [3.63, 3.8) is 0 Å². The van der Waals surface area contributed by atoms with Gasteiger partial charge in [0.25, 0.3) is 0 Å². The molecule has 8 heteroatoms. The molecule has 0 unspecified atom stereocenters. The summed E-state index contributed by atoms with van der Waals surface area (Å²) in [6.45, 7) is 0. The normalized spacial score (nSPS) is 18.2. The number of rotatable bonds is 5. The SMILES string of the molecule is Cn1cc(-c2cccc(-c3ncc(-c4cnn(C)c4)c(N[C@H]4C[C@H](O)C4)n3)c2)cn1. The smallest absolute Gasteiger partial charge is 0.161 e. The van der Waals surface area contributed by atoms with Crippen LogP contribution in [0, 0.1) is 0 Å². The highest BCUT2D eigenvalue weighted by Gasteiger charge is 2.28. The number of hydrogen-bond donors (Lipinski definition) is 2. The van der Waals surface area contributed by atoms with Crippen LogP contribution in [0.1, 0.15) is 12.8 Å². The topological polar surface area (TPSA) is 93.7 Å². The Balaban J connectivity index is 1.53. The molecule has 0 saturated heterocycles. The Hall–Kier alpha value is -3.52. The summed E-state index contributed by atoms with van der Waals surface area (Å²) in [5.74, 6) is 1.41. The average molecular weight is 401 g/mol. The van der Waals surface area contributed by atoms with Gasteiger partial charge in [-0.1, -0.05) is 18.2 Å². The first kappa shape index (κ1) is 18.5. The molecule has 1 aliphatic carbocycles. The van der Waals surface area contributed by atoms with Crippen LogP contribution < -0.4 is 5.32 Å². The molecule has 3 heterocycles. The highest BCUT2D eigenvalue weighted by atomic mass is 16.3. The molecule has 1 fully saturated rings. The molecule has 2 N–H and O–H groups in total. The van der Waals surface area contributed by atoms with Gasteiger partial charge in [-0.2, -0.15) is 10.2 Å². The molecule has 3 aromatic heterocycles. The van der Waals surface area contributed by atoms with E-state index < -0.39 is 0 Å². The molecule has 4 aromatic rings. The molecule has 0 radical (unpaired) electrons. The summed E-state index contributed by atoms with van der Waals surface area (Å²) >= 11 is 0. The van der Waals surface area contributed by atoms with E-state index in [1.165, 1.54) is 0 Å². The van der Waals surface area contributed by atoms with E-state index in [4.69, 9.17) is 4.98 Å². The van der Waals surface area contributed by atoms with E-state index in [1.807, 2.05) is 57.2 Å². The third kappa shape index (κ3) is 3.57. The highest BCUT2D eigenvalue weighted by Crippen LogP contribution is 2.32. The Kier molecular flexibility index (Phi) is 4.55. The van der Waals surface area contributed by atoms with E-state index in [2.05, 4.69) is 32.6 Å². The van der Waals surface area contributed by atoms with Crippen LogP contribution in [-0.4, -0.2) is 46.8 Å². The molecule has 0 spiro atoms. The summed E-state index contributed by atoms with van der Waals surface area (Å²) in [4.78, 5) is 9.50. The molecular formula is C22H23N7O. The molecule has 152 valence electrons. The van der Waals surface area contributed by atoms with Gasteiger partial charge in [-0.15, -0.1) is 0 Å². The predicted molar refractivity (Wildman–Crippen MR) is 115 cm³/mol. The third-order valence-corrected chi connectivity index (χ3v) is 5.42. The Morgan fingerprint density at radius 2 is 1.63 bits per heavy atom. The van der Waals surface area contributed by atoms with Gasteiger partial charge >= 0.3 is 0 Å². The lowest BCUT2D eigenvalue weighted by Crippen LogP contribution is -2.39. The minimum Gasteiger partial charge on any atom is -0.393 e. The first-order valence-corrected chi connectivity index (χ1v) is 9.95. The fourth-order valence-corrected chi connectivity index (χ4v) is 3.71. The minimum atomic E-state index is -0.234. The van der Waals surface area contributed by atoms with Crippen molar-refractivity contribution in [2.24, 2.45) is 14.1 Å². The summed E-state index contributed by atoms with van der Waals surface area (Å²) in [5, 5.41) is 21.7. The second-order valence-electron chi connectivity index (χ2n) is 7.81. The molecule has 8 nitrogen and oxygen atoms in total. The van der Waals surface area contributed by atoms with Crippen LogP contribution in [0.15, 0.2) is 55.2 Å². The number of aryl methyl sites for hydroxylation is 2. The predicted octanol–water partition coefficient (Wildman–Crippen LogP) is 2.88. The van der Waals surface area contributed by atoms with Gasteiger partial charge in [0.05, 0.1) is 18.5 Å². The first-order valence-electron chi connectivity index (χ1n) is 9.95. The number of hydrogen-bond acceptors (Lipinski definition) is 6. The van der Waals surface area contributed by atoms with Crippen LogP contribution in [0.25, 0.3) is 33.6 Å². The van der Waals surface area contributed by atoms with Crippen molar-refractivity contribution < 1.29 is 5.11 Å². The van der Waals surface area contributed by atoms with Gasteiger partial charge in [-0.25, -0.2) is 9.97 Å². The van der Waals surface area contributed by atoms with Gasteiger partial charge in [0.1, 0.15) is 5.82 Å².